The Morgan fingerprint density at radius 3 is 2.76 bits per heavy atom. The Bertz CT molecular complexity index is 333. The second-order valence-electron chi connectivity index (χ2n) is 5.16. The van der Waals surface area contributed by atoms with Crippen LogP contribution in [-0.4, -0.2) is 32.0 Å². The van der Waals surface area contributed by atoms with Crippen molar-refractivity contribution in [3.05, 3.63) is 22.4 Å². The van der Waals surface area contributed by atoms with Gasteiger partial charge in [-0.3, -0.25) is 4.79 Å². The van der Waals surface area contributed by atoms with Crippen molar-refractivity contribution in [2.24, 2.45) is 0 Å². The van der Waals surface area contributed by atoms with E-state index in [0.29, 0.717) is 0 Å². The molecule has 1 aromatic rings. The summed E-state index contributed by atoms with van der Waals surface area (Å²) < 4.78 is 0. The van der Waals surface area contributed by atoms with Crippen molar-refractivity contribution >= 4 is 37.1 Å². The molecule has 0 bridgehead atoms. The van der Waals surface area contributed by atoms with Crippen LogP contribution in [0.5, 0.6) is 0 Å². The summed E-state index contributed by atoms with van der Waals surface area (Å²) in [6.45, 7) is 7.96. The number of hydrogen-bond donors (Lipinski definition) is 1. The maximum Gasteiger partial charge on any atom is 0.261 e. The van der Waals surface area contributed by atoms with E-state index in [9.17, 15) is 4.79 Å². The third-order valence-corrected chi connectivity index (χ3v) is 6.24. The van der Waals surface area contributed by atoms with Gasteiger partial charge in [0.15, 0.2) is 0 Å². The van der Waals surface area contributed by atoms with Crippen LogP contribution in [0.2, 0.25) is 25.7 Å². The summed E-state index contributed by atoms with van der Waals surface area (Å²) in [7, 11) is -0.889. The maximum absolute atomic E-state index is 11.6. The Morgan fingerprint density at radius 2 is 2.18 bits per heavy atom. The van der Waals surface area contributed by atoms with Gasteiger partial charge in [0.1, 0.15) is 0 Å². The van der Waals surface area contributed by atoms with Gasteiger partial charge in [-0.2, -0.15) is 11.8 Å². The summed E-state index contributed by atoms with van der Waals surface area (Å²) in [5.74, 6) is 2.30. The highest BCUT2D eigenvalue weighted by Crippen LogP contribution is 2.13. The lowest BCUT2D eigenvalue weighted by molar-refractivity contribution is 0.0960. The summed E-state index contributed by atoms with van der Waals surface area (Å²) in [6, 6.07) is 5.12. The van der Waals surface area contributed by atoms with Gasteiger partial charge < -0.3 is 5.32 Å². The van der Waals surface area contributed by atoms with Crippen molar-refractivity contribution in [1.29, 1.82) is 0 Å². The number of amides is 1. The minimum absolute atomic E-state index is 0.0609. The normalized spacial score (nSPS) is 11.5. The summed E-state index contributed by atoms with van der Waals surface area (Å²) in [4.78, 5) is 12.4. The molecule has 0 unspecified atom stereocenters. The van der Waals surface area contributed by atoms with Gasteiger partial charge in [0.2, 0.25) is 0 Å². The van der Waals surface area contributed by atoms with Crippen LogP contribution < -0.4 is 5.32 Å². The van der Waals surface area contributed by atoms with Crippen molar-refractivity contribution in [2.75, 3.05) is 18.1 Å². The van der Waals surface area contributed by atoms with Crippen molar-refractivity contribution in [1.82, 2.24) is 5.32 Å². The topological polar surface area (TPSA) is 29.1 Å². The molecule has 1 heterocycles. The van der Waals surface area contributed by atoms with E-state index < -0.39 is 8.07 Å². The molecule has 0 radical (unpaired) electrons. The summed E-state index contributed by atoms with van der Waals surface area (Å²) in [6.07, 6.45) is 0. The average Bonchev–Trinajstić information content (AvgIpc) is 2.74. The summed E-state index contributed by atoms with van der Waals surface area (Å²) >= 11 is 3.43. The zero-order valence-corrected chi connectivity index (χ0v) is 13.4. The molecule has 17 heavy (non-hydrogen) atoms. The molecule has 0 saturated heterocycles. The molecular weight excluding hydrogens is 266 g/mol. The highest BCUT2D eigenvalue weighted by molar-refractivity contribution is 7.99. The molecule has 1 N–H and O–H groups in total. The van der Waals surface area contributed by atoms with Crippen molar-refractivity contribution < 1.29 is 4.79 Å². The van der Waals surface area contributed by atoms with Crippen LogP contribution in [0.4, 0.5) is 0 Å². The second-order valence-corrected chi connectivity index (χ2v) is 12.9. The van der Waals surface area contributed by atoms with Crippen LogP contribution in [0, 0.1) is 0 Å². The fourth-order valence-electron chi connectivity index (χ4n) is 1.21. The zero-order valence-electron chi connectivity index (χ0n) is 10.8. The molecule has 5 heteroatoms. The lowest BCUT2D eigenvalue weighted by Crippen LogP contribution is -2.25. The molecule has 1 rings (SSSR count). The van der Waals surface area contributed by atoms with E-state index in [1.165, 1.54) is 23.1 Å². The van der Waals surface area contributed by atoms with Gasteiger partial charge in [-0.1, -0.05) is 25.7 Å². The van der Waals surface area contributed by atoms with Crippen molar-refractivity contribution in [3.8, 4) is 0 Å². The van der Waals surface area contributed by atoms with E-state index >= 15 is 0 Å². The number of hydrogen-bond acceptors (Lipinski definition) is 3. The van der Waals surface area contributed by atoms with Gasteiger partial charge in [0.25, 0.3) is 5.91 Å². The molecule has 0 spiro atoms. The highest BCUT2D eigenvalue weighted by atomic mass is 32.2. The molecule has 96 valence electrons. The predicted octanol–water partition coefficient (Wildman–Crippen LogP) is 3.55. The Labute approximate surface area is 113 Å². The van der Waals surface area contributed by atoms with E-state index in [1.54, 1.807) is 0 Å². The van der Waals surface area contributed by atoms with E-state index in [-0.39, 0.29) is 5.91 Å². The lowest BCUT2D eigenvalue weighted by atomic mass is 10.4. The number of nitrogens with one attached hydrogen (secondary N) is 1. The van der Waals surface area contributed by atoms with Gasteiger partial charge in [0.05, 0.1) is 4.88 Å². The molecule has 1 aromatic heterocycles. The first-order valence-electron chi connectivity index (χ1n) is 5.88. The molecule has 2 nitrogen and oxygen atoms in total. The molecular formula is C12H21NOS2Si. The van der Waals surface area contributed by atoms with Crippen LogP contribution in [0.1, 0.15) is 9.67 Å². The van der Waals surface area contributed by atoms with E-state index in [4.69, 9.17) is 0 Å². The van der Waals surface area contributed by atoms with Crippen molar-refractivity contribution in [3.63, 3.8) is 0 Å². The zero-order chi connectivity index (χ0) is 12.7. The van der Waals surface area contributed by atoms with Gasteiger partial charge in [-0.05, 0) is 23.2 Å². The minimum atomic E-state index is -0.889. The molecule has 0 aromatic carbocycles. The molecule has 1 amide bonds. The fraction of sp³-hybridized carbons (Fsp3) is 0.583. The monoisotopic (exact) mass is 287 g/mol. The summed E-state index contributed by atoms with van der Waals surface area (Å²) in [5, 5.41) is 4.87. The SMILES string of the molecule is C[Si](C)(C)CCSCCNC(=O)c1cccs1. The third kappa shape index (κ3) is 6.91. The van der Waals surface area contributed by atoms with Crippen LogP contribution in [-0.2, 0) is 0 Å². The van der Waals surface area contributed by atoms with Crippen LogP contribution >= 0.6 is 23.1 Å². The number of thioether (sulfide) groups is 1. The van der Waals surface area contributed by atoms with E-state index in [0.717, 1.165) is 17.2 Å². The first-order chi connectivity index (χ1) is 7.99. The Morgan fingerprint density at radius 1 is 1.41 bits per heavy atom. The Kier molecular flexibility index (Phi) is 6.30. The number of rotatable bonds is 7. The average molecular weight is 288 g/mol. The second kappa shape index (κ2) is 7.23. The van der Waals surface area contributed by atoms with Gasteiger partial charge in [-0.25, -0.2) is 0 Å². The smallest absolute Gasteiger partial charge is 0.261 e. The van der Waals surface area contributed by atoms with Crippen LogP contribution in [0.15, 0.2) is 17.5 Å². The number of carbonyl (C=O) groups excluding carboxylic acids is 1. The quantitative estimate of drug-likeness (QED) is 0.614. The molecule has 0 saturated carbocycles. The number of carbonyl (C=O) groups is 1. The van der Waals surface area contributed by atoms with Gasteiger partial charge in [-0.15, -0.1) is 11.3 Å². The predicted molar refractivity (Wildman–Crippen MR) is 82.1 cm³/mol. The largest absolute Gasteiger partial charge is 0.351 e. The highest BCUT2D eigenvalue weighted by Gasteiger charge is 2.11. The first-order valence-corrected chi connectivity index (χ1v) is 11.6. The van der Waals surface area contributed by atoms with Gasteiger partial charge >= 0.3 is 0 Å². The minimum Gasteiger partial charge on any atom is -0.351 e. The molecule has 0 aliphatic carbocycles. The van der Waals surface area contributed by atoms with E-state index in [1.807, 2.05) is 29.3 Å². The molecule has 0 aliphatic rings. The van der Waals surface area contributed by atoms with Crippen LogP contribution in [0.25, 0.3) is 0 Å². The molecule has 0 aliphatic heterocycles. The first kappa shape index (κ1) is 14.8. The fourth-order valence-corrected chi connectivity index (χ4v) is 5.33. The van der Waals surface area contributed by atoms with Crippen LogP contribution in [0.3, 0.4) is 0 Å². The maximum atomic E-state index is 11.6. The standard InChI is InChI=1S/C12H21NOS2Si/c1-17(2,3)10-9-15-8-6-13-12(14)11-5-4-7-16-11/h4-5,7H,6,8-10H2,1-3H3,(H,13,14). The molecule has 0 atom stereocenters. The Hall–Kier alpha value is -0.263. The number of thiophene rings is 1. The summed E-state index contributed by atoms with van der Waals surface area (Å²) in [5.41, 5.74) is 0. The van der Waals surface area contributed by atoms with Gasteiger partial charge in [0, 0.05) is 20.4 Å². The molecule has 0 fully saturated rings. The van der Waals surface area contributed by atoms with E-state index in [2.05, 4.69) is 25.0 Å². The van der Waals surface area contributed by atoms with Crippen molar-refractivity contribution in [2.45, 2.75) is 25.7 Å². The Balaban J connectivity index is 2.03. The third-order valence-electron chi connectivity index (χ3n) is 2.27. The lowest BCUT2D eigenvalue weighted by Gasteiger charge is -2.14.